The first kappa shape index (κ1) is 20.2. The van der Waals surface area contributed by atoms with Gasteiger partial charge >= 0.3 is 0 Å². The van der Waals surface area contributed by atoms with E-state index in [9.17, 15) is 9.18 Å². The van der Waals surface area contributed by atoms with E-state index in [4.69, 9.17) is 27.9 Å². The van der Waals surface area contributed by atoms with Gasteiger partial charge in [0, 0.05) is 30.0 Å². The molecule has 0 bridgehead atoms. The molecule has 3 rings (SSSR count). The molecule has 0 fully saturated rings. The van der Waals surface area contributed by atoms with E-state index in [2.05, 4.69) is 10.3 Å². The van der Waals surface area contributed by atoms with E-state index in [-0.39, 0.29) is 0 Å². The molecule has 0 aliphatic heterocycles. The summed E-state index contributed by atoms with van der Waals surface area (Å²) in [5.74, 6) is -0.0595. The molecule has 1 N–H and O–H groups in total. The summed E-state index contributed by atoms with van der Waals surface area (Å²) in [4.78, 5) is 17.0. The van der Waals surface area contributed by atoms with E-state index in [1.54, 1.807) is 61.3 Å². The number of imidazole rings is 1. The maximum absolute atomic E-state index is 14.4. The minimum Gasteiger partial charge on any atom is -0.479 e. The zero-order valence-corrected chi connectivity index (χ0v) is 16.7. The Morgan fingerprint density at radius 2 is 2.00 bits per heavy atom. The molecular weight excluding hydrogens is 404 g/mol. The summed E-state index contributed by atoms with van der Waals surface area (Å²) in [5, 5.41) is 3.57. The highest BCUT2D eigenvalue weighted by molar-refractivity contribution is 6.35. The number of nitrogens with one attached hydrogen (secondary N) is 1. The third-order valence-electron chi connectivity index (χ3n) is 4.19. The van der Waals surface area contributed by atoms with Gasteiger partial charge in [0.1, 0.15) is 23.4 Å². The Balaban J connectivity index is 1.83. The molecule has 0 spiro atoms. The van der Waals surface area contributed by atoms with Crippen LogP contribution in [0.5, 0.6) is 5.75 Å². The zero-order chi connectivity index (χ0) is 20.3. The van der Waals surface area contributed by atoms with Crippen molar-refractivity contribution in [3.63, 3.8) is 0 Å². The molecule has 8 heteroatoms. The predicted octanol–water partition coefficient (Wildman–Crippen LogP) is 4.54. The summed E-state index contributed by atoms with van der Waals surface area (Å²) in [6.45, 7) is 1.58. The van der Waals surface area contributed by atoms with Crippen LogP contribution in [-0.2, 0) is 11.8 Å². The van der Waals surface area contributed by atoms with Crippen molar-refractivity contribution in [3.05, 3.63) is 82.1 Å². The molecule has 2 atom stereocenters. The second-order valence-electron chi connectivity index (χ2n) is 6.19. The Morgan fingerprint density at radius 3 is 2.64 bits per heavy atom. The summed E-state index contributed by atoms with van der Waals surface area (Å²) in [7, 11) is 1.77. The molecule has 0 unspecified atom stereocenters. The van der Waals surface area contributed by atoms with Gasteiger partial charge in [-0.1, -0.05) is 41.4 Å². The first-order valence-corrected chi connectivity index (χ1v) is 9.26. The van der Waals surface area contributed by atoms with Crippen molar-refractivity contribution in [1.29, 1.82) is 0 Å². The zero-order valence-electron chi connectivity index (χ0n) is 15.2. The number of nitrogens with zero attached hydrogens (tertiary/aromatic N) is 2. The van der Waals surface area contributed by atoms with Gasteiger partial charge in [0.2, 0.25) is 0 Å². The highest BCUT2D eigenvalue weighted by Crippen LogP contribution is 2.29. The number of aryl methyl sites for hydroxylation is 1. The predicted molar refractivity (Wildman–Crippen MR) is 106 cm³/mol. The lowest BCUT2D eigenvalue weighted by Gasteiger charge is -2.22. The molecule has 0 aliphatic carbocycles. The number of hydrogen-bond acceptors (Lipinski definition) is 3. The minimum atomic E-state index is -0.881. The van der Waals surface area contributed by atoms with Crippen molar-refractivity contribution in [3.8, 4) is 5.75 Å². The Morgan fingerprint density at radius 1 is 1.25 bits per heavy atom. The molecule has 2 aromatic carbocycles. The van der Waals surface area contributed by atoms with Crippen LogP contribution in [0.2, 0.25) is 10.0 Å². The molecular formula is C20H18Cl2FN3O2. The lowest BCUT2D eigenvalue weighted by molar-refractivity contribution is -0.127. The summed E-state index contributed by atoms with van der Waals surface area (Å²) < 4.78 is 21.8. The van der Waals surface area contributed by atoms with Crippen LogP contribution in [0.25, 0.3) is 0 Å². The molecule has 3 aromatic rings. The highest BCUT2D eigenvalue weighted by Gasteiger charge is 2.26. The number of carbonyl (C=O) groups is 1. The number of rotatable bonds is 6. The van der Waals surface area contributed by atoms with Crippen LogP contribution in [-0.4, -0.2) is 21.6 Å². The third kappa shape index (κ3) is 4.46. The fourth-order valence-electron chi connectivity index (χ4n) is 2.72. The van der Waals surface area contributed by atoms with Gasteiger partial charge in [0.15, 0.2) is 6.10 Å². The van der Waals surface area contributed by atoms with Crippen LogP contribution in [0.3, 0.4) is 0 Å². The number of benzene rings is 2. The average molecular weight is 422 g/mol. The van der Waals surface area contributed by atoms with E-state index in [1.807, 2.05) is 0 Å². The van der Waals surface area contributed by atoms with E-state index in [0.29, 0.717) is 27.2 Å². The van der Waals surface area contributed by atoms with Crippen LogP contribution in [0, 0.1) is 5.82 Å². The van der Waals surface area contributed by atoms with Gasteiger partial charge in [-0.3, -0.25) is 4.79 Å². The highest BCUT2D eigenvalue weighted by atomic mass is 35.5. The standard InChI is InChI=1S/C20H18Cl2FN3O2/c1-12(28-17-8-7-13(21)11-15(17)22)20(27)25-18(19-24-9-10-26(19)2)14-5-3-4-6-16(14)23/h3-12,18H,1-2H3,(H,25,27)/t12-,18-/m1/s1. The first-order valence-electron chi connectivity index (χ1n) is 8.50. The molecule has 0 radical (unpaired) electrons. The van der Waals surface area contributed by atoms with Crippen molar-refractivity contribution in [2.24, 2.45) is 7.05 Å². The Labute approximate surface area is 172 Å². The topological polar surface area (TPSA) is 56.1 Å². The van der Waals surface area contributed by atoms with Crippen molar-refractivity contribution < 1.29 is 13.9 Å². The number of ether oxygens (including phenoxy) is 1. The molecule has 1 amide bonds. The monoisotopic (exact) mass is 421 g/mol. The van der Waals surface area contributed by atoms with Gasteiger partial charge in [0.05, 0.1) is 5.02 Å². The number of carbonyl (C=O) groups excluding carboxylic acids is 1. The smallest absolute Gasteiger partial charge is 0.261 e. The van der Waals surface area contributed by atoms with Crippen molar-refractivity contribution in [1.82, 2.24) is 14.9 Å². The van der Waals surface area contributed by atoms with E-state index in [0.717, 1.165) is 0 Å². The summed E-state index contributed by atoms with van der Waals surface area (Å²) in [6.07, 6.45) is 2.43. The Kier molecular flexibility index (Phi) is 6.21. The summed E-state index contributed by atoms with van der Waals surface area (Å²) in [6, 6.07) is 10.2. The average Bonchev–Trinajstić information content (AvgIpc) is 3.08. The molecule has 5 nitrogen and oxygen atoms in total. The lowest BCUT2D eigenvalue weighted by atomic mass is 10.0. The fourth-order valence-corrected chi connectivity index (χ4v) is 3.17. The fraction of sp³-hybridized carbons (Fsp3) is 0.200. The van der Waals surface area contributed by atoms with Gasteiger partial charge in [-0.15, -0.1) is 0 Å². The van der Waals surface area contributed by atoms with Crippen LogP contribution in [0.1, 0.15) is 24.4 Å². The van der Waals surface area contributed by atoms with Gasteiger partial charge in [-0.25, -0.2) is 9.37 Å². The maximum atomic E-state index is 14.4. The molecule has 0 aliphatic rings. The SMILES string of the molecule is C[C@@H](Oc1ccc(Cl)cc1Cl)C(=O)N[C@H](c1ccccc1F)c1nccn1C. The number of amides is 1. The van der Waals surface area contributed by atoms with Gasteiger partial charge < -0.3 is 14.6 Å². The van der Waals surface area contributed by atoms with Gasteiger partial charge in [-0.05, 0) is 31.2 Å². The quantitative estimate of drug-likeness (QED) is 0.635. The van der Waals surface area contributed by atoms with E-state index >= 15 is 0 Å². The molecule has 28 heavy (non-hydrogen) atoms. The normalized spacial score (nSPS) is 13.0. The molecule has 0 saturated heterocycles. The maximum Gasteiger partial charge on any atom is 0.261 e. The van der Waals surface area contributed by atoms with Crippen molar-refractivity contribution in [2.45, 2.75) is 19.1 Å². The number of aromatic nitrogens is 2. The molecule has 146 valence electrons. The Bertz CT molecular complexity index is 993. The third-order valence-corrected chi connectivity index (χ3v) is 4.72. The summed E-state index contributed by atoms with van der Waals surface area (Å²) >= 11 is 12.0. The van der Waals surface area contributed by atoms with Gasteiger partial charge in [-0.2, -0.15) is 0 Å². The van der Waals surface area contributed by atoms with Crippen LogP contribution in [0.4, 0.5) is 4.39 Å². The molecule has 1 heterocycles. The largest absolute Gasteiger partial charge is 0.479 e. The van der Waals surface area contributed by atoms with Crippen molar-refractivity contribution >= 4 is 29.1 Å². The van der Waals surface area contributed by atoms with Crippen molar-refractivity contribution in [2.75, 3.05) is 0 Å². The second-order valence-corrected chi connectivity index (χ2v) is 7.04. The van der Waals surface area contributed by atoms with Crippen LogP contribution < -0.4 is 10.1 Å². The van der Waals surface area contributed by atoms with Gasteiger partial charge in [0.25, 0.3) is 5.91 Å². The minimum absolute atomic E-state index is 0.293. The van der Waals surface area contributed by atoms with E-state index in [1.165, 1.54) is 12.1 Å². The first-order chi connectivity index (χ1) is 13.4. The van der Waals surface area contributed by atoms with Crippen LogP contribution >= 0.6 is 23.2 Å². The summed E-state index contributed by atoms with van der Waals surface area (Å²) in [5.41, 5.74) is 0.307. The number of halogens is 3. The Hall–Kier alpha value is -2.57. The molecule has 0 saturated carbocycles. The number of hydrogen-bond donors (Lipinski definition) is 1. The second kappa shape index (κ2) is 8.63. The van der Waals surface area contributed by atoms with E-state index < -0.39 is 23.9 Å². The van der Waals surface area contributed by atoms with Crippen LogP contribution in [0.15, 0.2) is 54.9 Å². The molecule has 1 aromatic heterocycles. The lowest BCUT2D eigenvalue weighted by Crippen LogP contribution is -2.40.